The number of hydrogen-bond donors (Lipinski definition) is 1. The second kappa shape index (κ2) is 9.05. The molecule has 136 valence electrons. The van der Waals surface area contributed by atoms with Crippen molar-refractivity contribution in [1.82, 2.24) is 15.1 Å². The van der Waals surface area contributed by atoms with Gasteiger partial charge in [-0.25, -0.2) is 0 Å². The van der Waals surface area contributed by atoms with E-state index in [1.807, 2.05) is 24.3 Å². The highest BCUT2D eigenvalue weighted by Crippen LogP contribution is 2.16. The van der Waals surface area contributed by atoms with Gasteiger partial charge >= 0.3 is 0 Å². The standard InChI is InChI=1S/C18H25N3O4/c1-14(22)20-9-11-21(12-10-20)18(24)8-7-17(23)19-13-15-5-3-4-6-16(15)25-2/h3-6H,7-13H2,1-2H3,(H,19,23). The molecule has 7 heteroatoms. The number of rotatable bonds is 6. The van der Waals surface area contributed by atoms with Gasteiger partial charge in [-0.15, -0.1) is 0 Å². The van der Waals surface area contributed by atoms with Crippen molar-refractivity contribution in [2.45, 2.75) is 26.3 Å². The van der Waals surface area contributed by atoms with Crippen molar-refractivity contribution >= 4 is 17.7 Å². The zero-order valence-electron chi connectivity index (χ0n) is 14.8. The maximum atomic E-state index is 12.2. The molecule has 3 amide bonds. The largest absolute Gasteiger partial charge is 0.496 e. The van der Waals surface area contributed by atoms with Gasteiger partial charge in [0, 0.05) is 58.1 Å². The molecule has 25 heavy (non-hydrogen) atoms. The molecular formula is C18H25N3O4. The quantitative estimate of drug-likeness (QED) is 0.825. The highest BCUT2D eigenvalue weighted by Gasteiger charge is 2.22. The zero-order chi connectivity index (χ0) is 18.2. The van der Waals surface area contributed by atoms with Crippen LogP contribution in [0.3, 0.4) is 0 Å². The van der Waals surface area contributed by atoms with Crippen LogP contribution in [0.2, 0.25) is 0 Å². The number of piperazine rings is 1. The fourth-order valence-electron chi connectivity index (χ4n) is 2.78. The van der Waals surface area contributed by atoms with Gasteiger partial charge in [0.25, 0.3) is 0 Å². The summed E-state index contributed by atoms with van der Waals surface area (Å²) in [5.41, 5.74) is 0.894. The highest BCUT2D eigenvalue weighted by molar-refractivity contribution is 5.84. The van der Waals surface area contributed by atoms with Crippen LogP contribution in [0.15, 0.2) is 24.3 Å². The molecule has 1 saturated heterocycles. The lowest BCUT2D eigenvalue weighted by Crippen LogP contribution is -2.50. The maximum Gasteiger partial charge on any atom is 0.223 e. The SMILES string of the molecule is COc1ccccc1CNC(=O)CCC(=O)N1CCN(C(C)=O)CC1. The minimum atomic E-state index is -0.165. The van der Waals surface area contributed by atoms with Crippen molar-refractivity contribution in [1.29, 1.82) is 0 Å². The molecule has 7 nitrogen and oxygen atoms in total. The van der Waals surface area contributed by atoms with Gasteiger partial charge in [0.05, 0.1) is 7.11 Å². The van der Waals surface area contributed by atoms with Gasteiger partial charge in [0.2, 0.25) is 17.7 Å². The van der Waals surface area contributed by atoms with Crippen LogP contribution in [-0.2, 0) is 20.9 Å². The van der Waals surface area contributed by atoms with Crippen molar-refractivity contribution in [3.05, 3.63) is 29.8 Å². The van der Waals surface area contributed by atoms with E-state index in [-0.39, 0.29) is 30.6 Å². The Morgan fingerprint density at radius 3 is 2.32 bits per heavy atom. The smallest absolute Gasteiger partial charge is 0.223 e. The fraction of sp³-hybridized carbons (Fsp3) is 0.500. The second-order valence-electron chi connectivity index (χ2n) is 5.98. The van der Waals surface area contributed by atoms with E-state index in [1.165, 1.54) is 6.92 Å². The summed E-state index contributed by atoms with van der Waals surface area (Å²) in [6, 6.07) is 7.48. The molecular weight excluding hydrogens is 322 g/mol. The van der Waals surface area contributed by atoms with E-state index >= 15 is 0 Å². The normalized spacial score (nSPS) is 14.2. The lowest BCUT2D eigenvalue weighted by molar-refractivity contribution is -0.139. The summed E-state index contributed by atoms with van der Waals surface area (Å²) < 4.78 is 5.24. The lowest BCUT2D eigenvalue weighted by Gasteiger charge is -2.34. The topological polar surface area (TPSA) is 79.0 Å². The highest BCUT2D eigenvalue weighted by atomic mass is 16.5. The number of benzene rings is 1. The molecule has 0 radical (unpaired) electrons. The predicted molar refractivity (Wildman–Crippen MR) is 92.9 cm³/mol. The van der Waals surface area contributed by atoms with Gasteiger partial charge in [-0.2, -0.15) is 0 Å². The number of amides is 3. The van der Waals surface area contributed by atoms with Crippen molar-refractivity contribution in [3.63, 3.8) is 0 Å². The van der Waals surface area contributed by atoms with Crippen LogP contribution >= 0.6 is 0 Å². The average Bonchev–Trinajstić information content (AvgIpc) is 2.64. The third kappa shape index (κ3) is 5.48. The summed E-state index contributed by atoms with van der Waals surface area (Å²) >= 11 is 0. The Bertz CT molecular complexity index is 625. The Morgan fingerprint density at radius 2 is 1.68 bits per heavy atom. The molecule has 1 N–H and O–H groups in total. The average molecular weight is 347 g/mol. The molecule has 0 spiro atoms. The summed E-state index contributed by atoms with van der Waals surface area (Å²) in [4.78, 5) is 38.9. The van der Waals surface area contributed by atoms with Crippen LogP contribution in [0.5, 0.6) is 5.75 Å². The number of para-hydroxylation sites is 1. The minimum absolute atomic E-state index is 0.0304. The van der Waals surface area contributed by atoms with E-state index < -0.39 is 0 Å². The summed E-state index contributed by atoms with van der Waals surface area (Å²) in [5.74, 6) is 0.544. The van der Waals surface area contributed by atoms with E-state index in [1.54, 1.807) is 16.9 Å². The molecule has 0 aliphatic carbocycles. The first kappa shape index (κ1) is 18.8. The van der Waals surface area contributed by atoms with Crippen LogP contribution in [0.1, 0.15) is 25.3 Å². The van der Waals surface area contributed by atoms with E-state index in [4.69, 9.17) is 4.74 Å². The molecule has 1 fully saturated rings. The van der Waals surface area contributed by atoms with Gasteiger partial charge in [0.1, 0.15) is 5.75 Å². The number of nitrogens with zero attached hydrogens (tertiary/aromatic N) is 2. The zero-order valence-corrected chi connectivity index (χ0v) is 14.8. The van der Waals surface area contributed by atoms with Crippen LogP contribution in [0.25, 0.3) is 0 Å². The number of nitrogens with one attached hydrogen (secondary N) is 1. The van der Waals surface area contributed by atoms with Gasteiger partial charge in [0.15, 0.2) is 0 Å². The van der Waals surface area contributed by atoms with Crippen LogP contribution in [0, 0.1) is 0 Å². The monoisotopic (exact) mass is 347 g/mol. The molecule has 0 atom stereocenters. The van der Waals surface area contributed by atoms with E-state index in [2.05, 4.69) is 5.32 Å². The fourth-order valence-corrected chi connectivity index (χ4v) is 2.78. The molecule has 0 aromatic heterocycles. The summed E-state index contributed by atoms with van der Waals surface area (Å²) in [6.45, 7) is 4.07. The first-order valence-corrected chi connectivity index (χ1v) is 8.43. The molecule has 1 aromatic rings. The number of carbonyl (C=O) groups is 3. The third-order valence-corrected chi connectivity index (χ3v) is 4.31. The van der Waals surface area contributed by atoms with E-state index in [0.29, 0.717) is 32.7 Å². The maximum absolute atomic E-state index is 12.2. The number of methoxy groups -OCH3 is 1. The number of carbonyl (C=O) groups excluding carboxylic acids is 3. The summed E-state index contributed by atoms with van der Waals surface area (Å²) in [6.07, 6.45) is 0.332. The van der Waals surface area contributed by atoms with Crippen molar-refractivity contribution in [3.8, 4) is 5.75 Å². The van der Waals surface area contributed by atoms with Crippen LogP contribution in [-0.4, -0.2) is 60.8 Å². The van der Waals surface area contributed by atoms with Gasteiger partial charge < -0.3 is 19.9 Å². The Balaban J connectivity index is 1.71. The van der Waals surface area contributed by atoms with E-state index in [0.717, 1.165) is 11.3 Å². The molecule has 1 aliphatic rings. The van der Waals surface area contributed by atoms with Crippen molar-refractivity contribution < 1.29 is 19.1 Å². The van der Waals surface area contributed by atoms with E-state index in [9.17, 15) is 14.4 Å². The lowest BCUT2D eigenvalue weighted by atomic mass is 10.2. The molecule has 1 aromatic carbocycles. The number of ether oxygens (including phenoxy) is 1. The van der Waals surface area contributed by atoms with Crippen LogP contribution in [0.4, 0.5) is 0 Å². The van der Waals surface area contributed by atoms with Gasteiger partial charge in [-0.3, -0.25) is 14.4 Å². The number of hydrogen-bond acceptors (Lipinski definition) is 4. The molecule has 2 rings (SSSR count). The first-order valence-electron chi connectivity index (χ1n) is 8.43. The summed E-state index contributed by atoms with van der Waals surface area (Å²) in [7, 11) is 1.59. The molecule has 1 aliphatic heterocycles. The summed E-state index contributed by atoms with van der Waals surface area (Å²) in [5, 5.41) is 2.81. The van der Waals surface area contributed by atoms with Crippen molar-refractivity contribution in [2.75, 3.05) is 33.3 Å². The molecule has 0 saturated carbocycles. The van der Waals surface area contributed by atoms with Crippen molar-refractivity contribution in [2.24, 2.45) is 0 Å². The third-order valence-electron chi connectivity index (χ3n) is 4.31. The Morgan fingerprint density at radius 1 is 1.04 bits per heavy atom. The molecule has 0 bridgehead atoms. The second-order valence-corrected chi connectivity index (χ2v) is 5.98. The Labute approximate surface area is 147 Å². The van der Waals surface area contributed by atoms with Crippen LogP contribution < -0.4 is 10.1 Å². The van der Waals surface area contributed by atoms with Gasteiger partial charge in [-0.1, -0.05) is 18.2 Å². The van der Waals surface area contributed by atoms with Gasteiger partial charge in [-0.05, 0) is 6.07 Å². The first-order chi connectivity index (χ1) is 12.0. The molecule has 0 unspecified atom stereocenters. The molecule has 1 heterocycles. The Kier molecular flexibility index (Phi) is 6.80. The predicted octanol–water partition coefficient (Wildman–Crippen LogP) is 0.782. The Hall–Kier alpha value is -2.57. The minimum Gasteiger partial charge on any atom is -0.496 e.